The van der Waals surface area contributed by atoms with Gasteiger partial charge in [0.15, 0.2) is 5.78 Å². The number of Topliss-reactive ketones (excluding diaryl/α,β-unsaturated/α-hetero) is 1. The smallest absolute Gasteiger partial charge is 0.163 e. The molecule has 0 fully saturated rings. The van der Waals surface area contributed by atoms with E-state index in [4.69, 9.17) is 0 Å². The second-order valence-corrected chi connectivity index (χ2v) is 5.40. The van der Waals surface area contributed by atoms with Crippen molar-refractivity contribution < 1.29 is 4.79 Å². The SMILES string of the molecule is CCCC/C=C(\CCCC)CCC(=O)c1ccccc1. The molecule has 1 nitrogen and oxygen atoms in total. The zero-order valence-electron chi connectivity index (χ0n) is 13.0. The van der Waals surface area contributed by atoms with Gasteiger partial charge in [-0.15, -0.1) is 0 Å². The van der Waals surface area contributed by atoms with Gasteiger partial charge in [0.25, 0.3) is 0 Å². The fourth-order valence-electron chi connectivity index (χ4n) is 2.29. The van der Waals surface area contributed by atoms with Crippen molar-refractivity contribution in [2.24, 2.45) is 0 Å². The molecule has 0 saturated heterocycles. The zero-order valence-corrected chi connectivity index (χ0v) is 13.0. The molecule has 0 saturated carbocycles. The van der Waals surface area contributed by atoms with Crippen LogP contribution in [0.1, 0.15) is 75.6 Å². The summed E-state index contributed by atoms with van der Waals surface area (Å²) in [6, 6.07) is 9.64. The van der Waals surface area contributed by atoms with Crippen molar-refractivity contribution in [2.45, 2.75) is 65.2 Å². The van der Waals surface area contributed by atoms with Gasteiger partial charge in [0.05, 0.1) is 0 Å². The van der Waals surface area contributed by atoms with Crippen LogP contribution in [-0.2, 0) is 0 Å². The monoisotopic (exact) mass is 272 g/mol. The first-order valence-electron chi connectivity index (χ1n) is 8.04. The standard InChI is InChI=1S/C19H28O/c1-3-5-8-12-17(11-6-4-2)15-16-19(20)18-13-9-7-10-14-18/h7,9-10,12-14H,3-6,8,11,15-16H2,1-2H3/b17-12+. The predicted molar refractivity (Wildman–Crippen MR) is 87.1 cm³/mol. The number of hydrogen-bond donors (Lipinski definition) is 0. The Kier molecular flexibility index (Phi) is 8.69. The normalized spacial score (nSPS) is 11.6. The fourth-order valence-corrected chi connectivity index (χ4v) is 2.29. The highest BCUT2D eigenvalue weighted by atomic mass is 16.1. The van der Waals surface area contributed by atoms with Gasteiger partial charge >= 0.3 is 0 Å². The van der Waals surface area contributed by atoms with Crippen LogP contribution >= 0.6 is 0 Å². The number of rotatable bonds is 10. The van der Waals surface area contributed by atoms with Crippen molar-refractivity contribution in [1.29, 1.82) is 0 Å². The summed E-state index contributed by atoms with van der Waals surface area (Å²) in [5.74, 6) is 0.267. The summed E-state index contributed by atoms with van der Waals surface area (Å²) < 4.78 is 0. The topological polar surface area (TPSA) is 17.1 Å². The maximum absolute atomic E-state index is 12.1. The average molecular weight is 272 g/mol. The minimum atomic E-state index is 0.267. The third kappa shape index (κ3) is 6.70. The lowest BCUT2D eigenvalue weighted by atomic mass is 9.98. The Morgan fingerprint density at radius 3 is 2.30 bits per heavy atom. The number of unbranched alkanes of at least 4 members (excludes halogenated alkanes) is 3. The molecule has 0 unspecified atom stereocenters. The molecule has 0 N–H and O–H groups in total. The van der Waals surface area contributed by atoms with Crippen molar-refractivity contribution in [3.63, 3.8) is 0 Å². The lowest BCUT2D eigenvalue weighted by molar-refractivity contribution is 0.0982. The molecule has 1 aromatic carbocycles. The van der Waals surface area contributed by atoms with E-state index in [2.05, 4.69) is 19.9 Å². The fraction of sp³-hybridized carbons (Fsp3) is 0.526. The van der Waals surface area contributed by atoms with Crippen molar-refractivity contribution in [2.75, 3.05) is 0 Å². The number of carbonyl (C=O) groups is 1. The van der Waals surface area contributed by atoms with E-state index in [1.54, 1.807) is 0 Å². The Bertz CT molecular complexity index is 403. The summed E-state index contributed by atoms with van der Waals surface area (Å²) in [6.45, 7) is 4.44. The van der Waals surface area contributed by atoms with Crippen LogP contribution in [0.5, 0.6) is 0 Å². The summed E-state index contributed by atoms with van der Waals surface area (Å²) in [7, 11) is 0. The minimum absolute atomic E-state index is 0.267. The van der Waals surface area contributed by atoms with Crippen LogP contribution in [0.2, 0.25) is 0 Å². The third-order valence-electron chi connectivity index (χ3n) is 3.61. The van der Waals surface area contributed by atoms with Crippen molar-refractivity contribution in [1.82, 2.24) is 0 Å². The van der Waals surface area contributed by atoms with Gasteiger partial charge in [-0.2, -0.15) is 0 Å². The number of benzene rings is 1. The van der Waals surface area contributed by atoms with Gasteiger partial charge in [-0.1, -0.05) is 75.1 Å². The summed E-state index contributed by atoms with van der Waals surface area (Å²) in [6.07, 6.45) is 11.2. The molecule has 1 heteroatoms. The van der Waals surface area contributed by atoms with E-state index in [1.807, 2.05) is 30.3 Å². The predicted octanol–water partition coefficient (Wildman–Crippen LogP) is 5.96. The molecule has 0 heterocycles. The lowest BCUT2D eigenvalue weighted by Crippen LogP contribution is -1.99. The van der Waals surface area contributed by atoms with Gasteiger partial charge in [0.1, 0.15) is 0 Å². The number of allylic oxidation sites excluding steroid dienone is 2. The van der Waals surface area contributed by atoms with Crippen LogP contribution in [0.3, 0.4) is 0 Å². The van der Waals surface area contributed by atoms with E-state index in [1.165, 1.54) is 31.3 Å². The van der Waals surface area contributed by atoms with E-state index in [-0.39, 0.29) is 5.78 Å². The Hall–Kier alpha value is -1.37. The maximum Gasteiger partial charge on any atom is 0.163 e. The quantitative estimate of drug-likeness (QED) is 0.292. The largest absolute Gasteiger partial charge is 0.294 e. The summed E-state index contributed by atoms with van der Waals surface area (Å²) >= 11 is 0. The highest BCUT2D eigenvalue weighted by Crippen LogP contribution is 2.17. The molecular weight excluding hydrogens is 244 g/mol. The number of hydrogen-bond acceptors (Lipinski definition) is 1. The van der Waals surface area contributed by atoms with Crippen LogP contribution in [0.15, 0.2) is 42.0 Å². The van der Waals surface area contributed by atoms with Crippen LogP contribution in [0, 0.1) is 0 Å². The highest BCUT2D eigenvalue weighted by Gasteiger charge is 2.06. The van der Waals surface area contributed by atoms with Crippen LogP contribution < -0.4 is 0 Å². The second kappa shape index (κ2) is 10.4. The Morgan fingerprint density at radius 2 is 1.65 bits per heavy atom. The molecule has 0 bridgehead atoms. The van der Waals surface area contributed by atoms with Gasteiger partial charge in [-0.3, -0.25) is 4.79 Å². The number of ketones is 1. The molecule has 110 valence electrons. The molecular formula is C19H28O. The second-order valence-electron chi connectivity index (χ2n) is 5.40. The molecule has 1 rings (SSSR count). The lowest BCUT2D eigenvalue weighted by Gasteiger charge is -2.07. The highest BCUT2D eigenvalue weighted by molar-refractivity contribution is 5.96. The van der Waals surface area contributed by atoms with Gasteiger partial charge in [-0.05, 0) is 25.7 Å². The molecule has 0 aliphatic carbocycles. The van der Waals surface area contributed by atoms with E-state index in [0.717, 1.165) is 24.8 Å². The average Bonchev–Trinajstić information content (AvgIpc) is 2.50. The van der Waals surface area contributed by atoms with Crippen LogP contribution in [0.25, 0.3) is 0 Å². The zero-order chi connectivity index (χ0) is 14.6. The van der Waals surface area contributed by atoms with E-state index in [0.29, 0.717) is 6.42 Å². The van der Waals surface area contributed by atoms with Crippen LogP contribution in [0.4, 0.5) is 0 Å². The first-order chi connectivity index (χ1) is 9.77. The summed E-state index contributed by atoms with van der Waals surface area (Å²) in [5, 5.41) is 0. The van der Waals surface area contributed by atoms with Gasteiger partial charge in [0.2, 0.25) is 0 Å². The molecule has 1 aromatic rings. The molecule has 0 atom stereocenters. The molecule has 0 aromatic heterocycles. The first-order valence-corrected chi connectivity index (χ1v) is 8.04. The van der Waals surface area contributed by atoms with Gasteiger partial charge in [0, 0.05) is 12.0 Å². The van der Waals surface area contributed by atoms with Crippen molar-refractivity contribution in [3.05, 3.63) is 47.5 Å². The minimum Gasteiger partial charge on any atom is -0.294 e. The van der Waals surface area contributed by atoms with E-state index in [9.17, 15) is 4.79 Å². The van der Waals surface area contributed by atoms with Crippen molar-refractivity contribution in [3.8, 4) is 0 Å². The molecule has 0 amide bonds. The van der Waals surface area contributed by atoms with Gasteiger partial charge in [-0.25, -0.2) is 0 Å². The summed E-state index contributed by atoms with van der Waals surface area (Å²) in [5.41, 5.74) is 2.32. The molecule has 0 aliphatic heterocycles. The Morgan fingerprint density at radius 1 is 0.950 bits per heavy atom. The summed E-state index contributed by atoms with van der Waals surface area (Å²) in [4.78, 5) is 12.1. The molecule has 0 aliphatic rings. The van der Waals surface area contributed by atoms with Crippen molar-refractivity contribution >= 4 is 5.78 Å². The van der Waals surface area contributed by atoms with Gasteiger partial charge < -0.3 is 0 Å². The molecule has 20 heavy (non-hydrogen) atoms. The van der Waals surface area contributed by atoms with E-state index >= 15 is 0 Å². The molecule has 0 radical (unpaired) electrons. The first kappa shape index (κ1) is 16.7. The van der Waals surface area contributed by atoms with E-state index < -0.39 is 0 Å². The Balaban J connectivity index is 2.48. The third-order valence-corrected chi connectivity index (χ3v) is 3.61. The van der Waals surface area contributed by atoms with Crippen LogP contribution in [-0.4, -0.2) is 5.78 Å². The Labute approximate surface area is 124 Å². The number of carbonyl (C=O) groups excluding carboxylic acids is 1. The maximum atomic E-state index is 12.1. The molecule has 0 spiro atoms.